The van der Waals surface area contributed by atoms with Gasteiger partial charge >= 0.3 is 5.97 Å². The summed E-state index contributed by atoms with van der Waals surface area (Å²) in [4.78, 5) is 29.0. The van der Waals surface area contributed by atoms with Crippen molar-refractivity contribution in [2.45, 2.75) is 42.8 Å². The second-order valence-corrected chi connectivity index (χ2v) is 11.0. The summed E-state index contributed by atoms with van der Waals surface area (Å²) in [7, 11) is 1.33. The smallest absolute Gasteiger partial charge is 0.356 e. The first-order valence-electron chi connectivity index (χ1n) is 9.71. The highest BCUT2D eigenvalue weighted by molar-refractivity contribution is 9.10. The molecule has 1 amide bonds. The number of ether oxygens (including phenoxy) is 1. The van der Waals surface area contributed by atoms with Crippen molar-refractivity contribution in [3.05, 3.63) is 28.9 Å². The lowest BCUT2D eigenvalue weighted by Gasteiger charge is -2.59. The van der Waals surface area contributed by atoms with Crippen LogP contribution >= 0.6 is 27.5 Å². The summed E-state index contributed by atoms with van der Waals surface area (Å²) in [6.07, 6.45) is 6.27. The van der Waals surface area contributed by atoms with Crippen molar-refractivity contribution in [1.29, 1.82) is 0 Å². The Balaban J connectivity index is 1.54. The molecule has 0 radical (unpaired) electrons. The summed E-state index contributed by atoms with van der Waals surface area (Å²) in [5.74, 6) is 0.703. The fraction of sp³-hybridized carbons (Fsp3) is 0.524. The molecule has 7 heteroatoms. The van der Waals surface area contributed by atoms with E-state index in [-0.39, 0.29) is 21.3 Å². The molecule has 1 heterocycles. The Kier molecular flexibility index (Phi) is 4.12. The normalized spacial score (nSPS) is 33.2. The summed E-state index contributed by atoms with van der Waals surface area (Å²) in [5, 5.41) is 4.37. The molecule has 0 unspecified atom stereocenters. The second kappa shape index (κ2) is 6.23. The van der Waals surface area contributed by atoms with E-state index in [1.54, 1.807) is 18.2 Å². The number of carbonyl (C=O) groups excluding carboxylic acids is 2. The van der Waals surface area contributed by atoms with Gasteiger partial charge in [-0.2, -0.15) is 0 Å². The number of amides is 1. The van der Waals surface area contributed by atoms with Crippen molar-refractivity contribution in [2.24, 2.45) is 17.3 Å². The van der Waals surface area contributed by atoms with Crippen LogP contribution in [0.4, 0.5) is 5.69 Å². The third-order valence-corrected chi connectivity index (χ3v) is 8.02. The van der Waals surface area contributed by atoms with Crippen molar-refractivity contribution in [3.8, 4) is 0 Å². The number of aromatic amines is 1. The molecule has 1 aromatic carbocycles. The number of anilines is 1. The monoisotopic (exact) mass is 464 g/mol. The van der Waals surface area contributed by atoms with Gasteiger partial charge in [-0.3, -0.25) is 4.79 Å². The van der Waals surface area contributed by atoms with E-state index in [4.69, 9.17) is 16.3 Å². The first-order valence-corrected chi connectivity index (χ1v) is 10.9. The van der Waals surface area contributed by atoms with Crippen LogP contribution in [-0.2, 0) is 9.53 Å². The number of fused-ring (bicyclic) bond motifs is 1. The Morgan fingerprint density at radius 1 is 1.25 bits per heavy atom. The van der Waals surface area contributed by atoms with E-state index in [2.05, 4.69) is 26.2 Å². The zero-order valence-electron chi connectivity index (χ0n) is 15.6. The number of H-pyrrole nitrogens is 1. The second-order valence-electron chi connectivity index (χ2n) is 8.90. The maximum absolute atomic E-state index is 13.6. The lowest BCUT2D eigenvalue weighted by atomic mass is 9.49. The number of benzene rings is 1. The zero-order valence-corrected chi connectivity index (χ0v) is 18.0. The maximum atomic E-state index is 13.6. The number of carbonyl (C=O) groups is 2. The molecular weight excluding hydrogens is 444 g/mol. The summed E-state index contributed by atoms with van der Waals surface area (Å²) >= 11 is 10.1. The highest BCUT2D eigenvalue weighted by Gasteiger charge is 2.59. The van der Waals surface area contributed by atoms with E-state index < -0.39 is 5.97 Å². The molecule has 0 spiro atoms. The molecule has 5 nitrogen and oxygen atoms in total. The van der Waals surface area contributed by atoms with E-state index in [0.717, 1.165) is 43.0 Å². The summed E-state index contributed by atoms with van der Waals surface area (Å²) < 4.78 is 5.01. The van der Waals surface area contributed by atoms with Gasteiger partial charge in [-0.1, -0.05) is 27.5 Å². The molecule has 4 saturated carbocycles. The Bertz CT molecular complexity index is 987. The Labute approximate surface area is 176 Å². The van der Waals surface area contributed by atoms with Crippen LogP contribution in [0.25, 0.3) is 10.9 Å². The van der Waals surface area contributed by atoms with Crippen LogP contribution in [0, 0.1) is 17.3 Å². The topological polar surface area (TPSA) is 71.2 Å². The summed E-state index contributed by atoms with van der Waals surface area (Å²) in [5.41, 5.74) is 1.09. The highest BCUT2D eigenvalue weighted by atomic mass is 79.9. The molecule has 2 atom stereocenters. The zero-order chi connectivity index (χ0) is 19.7. The standard InChI is InChI=1S/C21H22BrClN2O3/c1-28-18(26)17-16(14-5-13(23)2-3-15(14)24-17)25-19(27)20-6-11-4-12(7-20)9-21(22,8-11)10-20/h2-3,5,11-12,24H,4,6-10H2,1H3,(H,25,27)/t11-,12-,20?,21?/m1/s1. The van der Waals surface area contributed by atoms with Gasteiger partial charge in [0.2, 0.25) is 5.91 Å². The predicted molar refractivity (Wildman–Crippen MR) is 112 cm³/mol. The molecule has 0 saturated heterocycles. The maximum Gasteiger partial charge on any atom is 0.356 e. The quantitative estimate of drug-likeness (QED) is 0.478. The van der Waals surface area contributed by atoms with Gasteiger partial charge in [-0.15, -0.1) is 0 Å². The van der Waals surface area contributed by atoms with E-state index in [1.165, 1.54) is 13.5 Å². The Morgan fingerprint density at radius 2 is 1.96 bits per heavy atom. The number of hydrogen-bond acceptors (Lipinski definition) is 3. The van der Waals surface area contributed by atoms with Crippen LogP contribution < -0.4 is 5.32 Å². The third kappa shape index (κ3) is 2.79. The number of esters is 1. The van der Waals surface area contributed by atoms with E-state index >= 15 is 0 Å². The lowest BCUT2D eigenvalue weighted by Crippen LogP contribution is -2.57. The van der Waals surface area contributed by atoms with E-state index in [0.29, 0.717) is 22.5 Å². The van der Waals surface area contributed by atoms with Crippen LogP contribution in [0.1, 0.15) is 49.0 Å². The number of halogens is 2. The predicted octanol–water partition coefficient (Wildman–Crippen LogP) is 5.28. The van der Waals surface area contributed by atoms with Gasteiger partial charge in [0.15, 0.2) is 0 Å². The summed E-state index contributed by atoms with van der Waals surface area (Å²) in [6, 6.07) is 5.32. The van der Waals surface area contributed by atoms with Gasteiger partial charge in [-0.25, -0.2) is 4.79 Å². The largest absolute Gasteiger partial charge is 0.464 e. The minimum atomic E-state index is -0.509. The number of alkyl halides is 1. The minimum Gasteiger partial charge on any atom is -0.464 e. The number of nitrogens with one attached hydrogen (secondary N) is 2. The Morgan fingerprint density at radius 3 is 2.61 bits per heavy atom. The molecule has 2 N–H and O–H groups in total. The van der Waals surface area contributed by atoms with Crippen molar-refractivity contribution in [3.63, 3.8) is 0 Å². The number of methoxy groups -OCH3 is 1. The van der Waals surface area contributed by atoms with Gasteiger partial charge in [0, 0.05) is 20.2 Å². The molecule has 4 bridgehead atoms. The number of hydrogen-bond donors (Lipinski definition) is 2. The van der Waals surface area contributed by atoms with E-state index in [1.807, 2.05) is 0 Å². The first-order chi connectivity index (χ1) is 13.3. The highest BCUT2D eigenvalue weighted by Crippen LogP contribution is 2.64. The molecule has 4 aliphatic carbocycles. The Hall–Kier alpha value is -1.53. The fourth-order valence-corrected chi connectivity index (χ4v) is 7.84. The van der Waals surface area contributed by atoms with Gasteiger partial charge in [0.1, 0.15) is 5.69 Å². The number of aromatic nitrogens is 1. The molecule has 4 fully saturated rings. The van der Waals surface area contributed by atoms with Gasteiger partial charge in [-0.05, 0) is 68.6 Å². The minimum absolute atomic E-state index is 0.0106. The van der Waals surface area contributed by atoms with Crippen molar-refractivity contribution < 1.29 is 14.3 Å². The average Bonchev–Trinajstić information content (AvgIpc) is 2.97. The van der Waals surface area contributed by atoms with Crippen LogP contribution in [0.5, 0.6) is 0 Å². The molecule has 4 aliphatic rings. The first kappa shape index (κ1) is 18.5. The molecule has 28 heavy (non-hydrogen) atoms. The number of rotatable bonds is 3. The SMILES string of the molecule is COC(=O)c1[nH]c2ccc(Cl)cc2c1NC(=O)C12C[C@H]3C[C@@H](CC(Br)(C3)C1)C2. The van der Waals surface area contributed by atoms with Crippen LogP contribution in [0.2, 0.25) is 5.02 Å². The van der Waals surface area contributed by atoms with Gasteiger partial charge < -0.3 is 15.0 Å². The lowest BCUT2D eigenvalue weighted by molar-refractivity contribution is -0.138. The van der Waals surface area contributed by atoms with Crippen molar-refractivity contribution in [2.75, 3.05) is 12.4 Å². The van der Waals surface area contributed by atoms with Crippen LogP contribution in [0.15, 0.2) is 18.2 Å². The molecule has 6 rings (SSSR count). The fourth-order valence-electron chi connectivity index (χ4n) is 6.21. The molecule has 2 aromatic rings. The summed E-state index contributed by atoms with van der Waals surface area (Å²) in [6.45, 7) is 0. The molecule has 1 aromatic heterocycles. The van der Waals surface area contributed by atoms with Crippen LogP contribution in [-0.4, -0.2) is 28.3 Å². The van der Waals surface area contributed by atoms with Crippen molar-refractivity contribution >= 4 is 56.0 Å². The molecular formula is C21H22BrClN2O3. The van der Waals surface area contributed by atoms with E-state index in [9.17, 15) is 9.59 Å². The third-order valence-electron chi connectivity index (χ3n) is 6.86. The average molecular weight is 466 g/mol. The van der Waals surface area contributed by atoms with Crippen LogP contribution in [0.3, 0.4) is 0 Å². The molecule has 0 aliphatic heterocycles. The van der Waals surface area contributed by atoms with Gasteiger partial charge in [0.25, 0.3) is 0 Å². The van der Waals surface area contributed by atoms with Crippen molar-refractivity contribution in [1.82, 2.24) is 4.98 Å². The molecule has 148 valence electrons. The van der Waals surface area contributed by atoms with Gasteiger partial charge in [0.05, 0.1) is 18.2 Å².